The molecule has 0 aromatic carbocycles. The third-order valence-electron chi connectivity index (χ3n) is 2.24. The molecule has 88 valence electrons. The number of carboxylic acid groups (broad SMARTS) is 1. The van der Waals surface area contributed by atoms with E-state index in [1.54, 1.807) is 0 Å². The Balaban J connectivity index is 2.31. The van der Waals surface area contributed by atoms with Gasteiger partial charge in [0.15, 0.2) is 17.6 Å². The number of hydrogen-bond acceptors (Lipinski definition) is 4. The first-order chi connectivity index (χ1) is 7.39. The van der Waals surface area contributed by atoms with E-state index in [-0.39, 0.29) is 11.3 Å². The molecule has 8 heteroatoms. The zero-order chi connectivity index (χ0) is 11.9. The summed E-state index contributed by atoms with van der Waals surface area (Å²) in [5.41, 5.74) is -0.520. The Morgan fingerprint density at radius 2 is 2.19 bits per heavy atom. The number of ether oxygens (including phenoxy) is 1. The van der Waals surface area contributed by atoms with E-state index >= 15 is 0 Å². The van der Waals surface area contributed by atoms with Gasteiger partial charge in [0.25, 0.3) is 0 Å². The summed E-state index contributed by atoms with van der Waals surface area (Å²) in [6.45, 7) is -0.417. The fourth-order valence-electron chi connectivity index (χ4n) is 1.47. The van der Waals surface area contributed by atoms with Crippen LogP contribution >= 0.6 is 0 Å². The molecule has 0 spiro atoms. The van der Waals surface area contributed by atoms with Gasteiger partial charge in [0.05, 0.1) is 0 Å². The van der Waals surface area contributed by atoms with Crippen LogP contribution in [0.2, 0.25) is 0 Å². The van der Waals surface area contributed by atoms with E-state index in [1.807, 2.05) is 0 Å². The third-order valence-corrected chi connectivity index (χ3v) is 2.24. The number of carboxylic acids is 1. The predicted octanol–water partition coefficient (Wildman–Crippen LogP) is 1.38. The van der Waals surface area contributed by atoms with Crippen molar-refractivity contribution in [3.8, 4) is 0 Å². The molecule has 0 aliphatic carbocycles. The molecule has 1 N–H and O–H groups in total. The van der Waals surface area contributed by atoms with Gasteiger partial charge in [-0.1, -0.05) is 5.16 Å². The van der Waals surface area contributed by atoms with Crippen molar-refractivity contribution in [1.29, 1.82) is 0 Å². The molecule has 0 fully saturated rings. The quantitative estimate of drug-likeness (QED) is 0.798. The fourth-order valence-corrected chi connectivity index (χ4v) is 1.47. The van der Waals surface area contributed by atoms with Crippen molar-refractivity contribution in [3.05, 3.63) is 17.0 Å². The number of fused-ring (bicyclic) bond motifs is 1. The lowest BCUT2D eigenvalue weighted by molar-refractivity contribution is -0.228. The topological polar surface area (TPSA) is 72.6 Å². The average molecular weight is 237 g/mol. The average Bonchev–Trinajstić information content (AvgIpc) is 2.58. The van der Waals surface area contributed by atoms with E-state index in [0.717, 1.165) is 0 Å². The zero-order valence-electron chi connectivity index (χ0n) is 7.74. The van der Waals surface area contributed by atoms with Gasteiger partial charge in [-0.05, 0) is 0 Å². The smallest absolute Gasteiger partial charge is 0.414 e. The Labute approximate surface area is 86.8 Å². The lowest BCUT2D eigenvalue weighted by Gasteiger charge is -2.23. The molecule has 0 bridgehead atoms. The third kappa shape index (κ3) is 1.75. The van der Waals surface area contributed by atoms with E-state index in [0.29, 0.717) is 0 Å². The van der Waals surface area contributed by atoms with E-state index in [4.69, 9.17) is 5.11 Å². The van der Waals surface area contributed by atoms with Gasteiger partial charge in [0.2, 0.25) is 0 Å². The number of nitrogens with zero attached hydrogens (tertiary/aromatic N) is 1. The number of hydrogen-bond donors (Lipinski definition) is 1. The standard InChI is InChI=1S/C8H6F3NO4/c9-8(10,11)5-1-3-4(2-15-5)16-12-6(3)7(13)14/h5H,1-2H2,(H,13,14)/t5-/m0/s1. The molecule has 5 nitrogen and oxygen atoms in total. The van der Waals surface area contributed by atoms with E-state index < -0.39 is 37.0 Å². The van der Waals surface area contributed by atoms with Crippen LogP contribution in [0.15, 0.2) is 4.52 Å². The SMILES string of the molecule is O=C(O)c1noc2c1C[C@@H](C(F)(F)F)OC2. The van der Waals surface area contributed by atoms with Gasteiger partial charge in [-0.25, -0.2) is 4.79 Å². The Morgan fingerprint density at radius 1 is 1.50 bits per heavy atom. The van der Waals surface area contributed by atoms with Crippen LogP contribution < -0.4 is 0 Å². The van der Waals surface area contributed by atoms with Crippen LogP contribution in [-0.2, 0) is 17.8 Å². The molecule has 1 aromatic heterocycles. The highest BCUT2D eigenvalue weighted by Crippen LogP contribution is 2.32. The number of aromatic carboxylic acids is 1. The first kappa shape index (κ1) is 10.9. The van der Waals surface area contributed by atoms with Gasteiger partial charge in [-0.3, -0.25) is 0 Å². The van der Waals surface area contributed by atoms with Gasteiger partial charge < -0.3 is 14.4 Å². The lowest BCUT2D eigenvalue weighted by Crippen LogP contribution is -2.36. The van der Waals surface area contributed by atoms with Crippen LogP contribution in [0.4, 0.5) is 13.2 Å². The molecule has 0 unspecified atom stereocenters. The van der Waals surface area contributed by atoms with Gasteiger partial charge in [0, 0.05) is 12.0 Å². The van der Waals surface area contributed by atoms with Crippen molar-refractivity contribution in [3.63, 3.8) is 0 Å². The van der Waals surface area contributed by atoms with Crippen LogP contribution in [0, 0.1) is 0 Å². The summed E-state index contributed by atoms with van der Waals surface area (Å²) in [6, 6.07) is 0. The second-order valence-corrected chi connectivity index (χ2v) is 3.28. The minimum atomic E-state index is -4.52. The number of aromatic nitrogens is 1. The van der Waals surface area contributed by atoms with Crippen LogP contribution in [0.25, 0.3) is 0 Å². The molecule has 1 atom stereocenters. The summed E-state index contributed by atoms with van der Waals surface area (Å²) in [6.07, 6.45) is -7.10. The van der Waals surface area contributed by atoms with Crippen molar-refractivity contribution in [2.45, 2.75) is 25.3 Å². The maximum Gasteiger partial charge on any atom is 0.414 e. The van der Waals surface area contributed by atoms with Crippen LogP contribution in [0.1, 0.15) is 21.8 Å². The van der Waals surface area contributed by atoms with Crippen molar-refractivity contribution < 1.29 is 32.3 Å². The van der Waals surface area contributed by atoms with E-state index in [1.165, 1.54) is 0 Å². The monoisotopic (exact) mass is 237 g/mol. The van der Waals surface area contributed by atoms with Crippen LogP contribution in [0.3, 0.4) is 0 Å². The van der Waals surface area contributed by atoms with Crippen LogP contribution in [0.5, 0.6) is 0 Å². The molecule has 0 saturated carbocycles. The summed E-state index contributed by atoms with van der Waals surface area (Å²) in [5, 5.41) is 11.9. The van der Waals surface area contributed by atoms with Gasteiger partial charge >= 0.3 is 12.1 Å². The highest BCUT2D eigenvalue weighted by Gasteiger charge is 2.45. The molecule has 1 aliphatic rings. The Morgan fingerprint density at radius 3 is 2.75 bits per heavy atom. The summed E-state index contributed by atoms with van der Waals surface area (Å²) >= 11 is 0. The van der Waals surface area contributed by atoms with E-state index in [9.17, 15) is 18.0 Å². The summed E-state index contributed by atoms with van der Waals surface area (Å²) in [4.78, 5) is 10.6. The minimum Gasteiger partial charge on any atom is -0.476 e. The number of rotatable bonds is 1. The highest BCUT2D eigenvalue weighted by molar-refractivity contribution is 5.87. The zero-order valence-corrected chi connectivity index (χ0v) is 7.74. The molecular formula is C8H6F3NO4. The minimum absolute atomic E-state index is 0.0397. The first-order valence-corrected chi connectivity index (χ1v) is 4.28. The van der Waals surface area contributed by atoms with Crippen molar-refractivity contribution in [2.24, 2.45) is 0 Å². The Hall–Kier alpha value is -1.57. The molecule has 16 heavy (non-hydrogen) atoms. The van der Waals surface area contributed by atoms with Crippen molar-refractivity contribution in [2.75, 3.05) is 0 Å². The predicted molar refractivity (Wildman–Crippen MR) is 41.8 cm³/mol. The largest absolute Gasteiger partial charge is 0.476 e. The van der Waals surface area contributed by atoms with E-state index in [2.05, 4.69) is 14.4 Å². The maximum atomic E-state index is 12.4. The van der Waals surface area contributed by atoms with Gasteiger partial charge in [-0.15, -0.1) is 0 Å². The highest BCUT2D eigenvalue weighted by atomic mass is 19.4. The van der Waals surface area contributed by atoms with Gasteiger partial charge in [-0.2, -0.15) is 13.2 Å². The fraction of sp³-hybridized carbons (Fsp3) is 0.500. The molecule has 0 amide bonds. The molecule has 0 radical (unpaired) electrons. The molecule has 2 heterocycles. The molecular weight excluding hydrogens is 231 g/mol. The second kappa shape index (κ2) is 3.48. The maximum absolute atomic E-state index is 12.4. The Bertz CT molecular complexity index is 425. The molecule has 2 rings (SSSR count). The molecule has 0 saturated heterocycles. The summed E-state index contributed by atoms with van der Waals surface area (Å²) in [7, 11) is 0. The number of carbonyl (C=O) groups is 1. The summed E-state index contributed by atoms with van der Waals surface area (Å²) < 4.78 is 46.1. The number of alkyl halides is 3. The summed E-state index contributed by atoms with van der Waals surface area (Å²) in [5.74, 6) is -1.37. The first-order valence-electron chi connectivity index (χ1n) is 4.28. The lowest BCUT2D eigenvalue weighted by atomic mass is 10.0. The Kier molecular flexibility index (Phi) is 2.38. The number of halogens is 3. The van der Waals surface area contributed by atoms with Gasteiger partial charge in [0.1, 0.15) is 6.61 Å². The molecule has 1 aromatic rings. The second-order valence-electron chi connectivity index (χ2n) is 3.28. The van der Waals surface area contributed by atoms with Crippen molar-refractivity contribution >= 4 is 5.97 Å². The van der Waals surface area contributed by atoms with Crippen molar-refractivity contribution in [1.82, 2.24) is 5.16 Å². The molecule has 1 aliphatic heterocycles. The normalized spacial score (nSPS) is 20.6. The van der Waals surface area contributed by atoms with Crippen LogP contribution in [-0.4, -0.2) is 28.5 Å².